The van der Waals surface area contributed by atoms with Crippen molar-refractivity contribution in [1.82, 2.24) is 0 Å². The van der Waals surface area contributed by atoms with Gasteiger partial charge >= 0.3 is 0 Å². The maximum Gasteiger partial charge on any atom is 0.134 e. The van der Waals surface area contributed by atoms with Gasteiger partial charge in [0.1, 0.15) is 11.3 Å². The second-order valence-electron chi connectivity index (χ2n) is 3.75. The largest absolute Gasteiger partial charge is 0.457 e. The first-order valence-electron chi connectivity index (χ1n) is 5.01. The first-order valence-corrected chi connectivity index (χ1v) is 5.01. The molecule has 0 saturated heterocycles. The van der Waals surface area contributed by atoms with Gasteiger partial charge in [0.25, 0.3) is 0 Å². The normalized spacial score (nSPS) is 14.5. The fourth-order valence-electron chi connectivity index (χ4n) is 1.42. The van der Waals surface area contributed by atoms with Crippen LogP contribution < -0.4 is 0 Å². The Kier molecular flexibility index (Phi) is 2.60. The third kappa shape index (κ3) is 2.10. The molecule has 15 heavy (non-hydrogen) atoms. The molecule has 2 rings (SSSR count). The highest BCUT2D eigenvalue weighted by molar-refractivity contribution is 5.79. The zero-order valence-electron chi connectivity index (χ0n) is 8.90. The summed E-state index contributed by atoms with van der Waals surface area (Å²) in [5.41, 5.74) is 1.77. The molecule has 0 aliphatic heterocycles. The molecule has 0 aliphatic carbocycles. The summed E-state index contributed by atoms with van der Waals surface area (Å²) >= 11 is 0. The number of rotatable bonds is 2. The Labute approximate surface area is 88.8 Å². The van der Waals surface area contributed by atoms with Gasteiger partial charge < -0.3 is 9.52 Å². The van der Waals surface area contributed by atoms with Gasteiger partial charge in [-0.1, -0.05) is 18.2 Å². The minimum atomic E-state index is -0.432. The minimum absolute atomic E-state index is 0.432. The maximum absolute atomic E-state index is 9.35. The molecule has 1 aromatic heterocycles. The van der Waals surface area contributed by atoms with E-state index in [0.717, 1.165) is 22.3 Å². The molecule has 0 bridgehead atoms. The van der Waals surface area contributed by atoms with Crippen molar-refractivity contribution in [3.63, 3.8) is 0 Å². The highest BCUT2D eigenvalue weighted by Crippen LogP contribution is 2.21. The molecule has 2 heteroatoms. The Morgan fingerprint density at radius 3 is 2.80 bits per heavy atom. The lowest BCUT2D eigenvalue weighted by Crippen LogP contribution is -1.99. The van der Waals surface area contributed by atoms with Gasteiger partial charge in [-0.3, -0.25) is 0 Å². The van der Waals surface area contributed by atoms with Crippen LogP contribution in [0.5, 0.6) is 0 Å². The summed E-state index contributed by atoms with van der Waals surface area (Å²) in [6.07, 6.45) is 1.43. The zero-order chi connectivity index (χ0) is 10.8. The van der Waals surface area contributed by atoms with E-state index in [1.165, 1.54) is 0 Å². The van der Waals surface area contributed by atoms with Crippen LogP contribution in [0.2, 0.25) is 0 Å². The summed E-state index contributed by atoms with van der Waals surface area (Å²) in [5.74, 6) is 0.787. The molecule has 0 saturated carbocycles. The average Bonchev–Trinajstić information content (AvgIpc) is 2.59. The van der Waals surface area contributed by atoms with E-state index in [-0.39, 0.29) is 0 Å². The Morgan fingerprint density at radius 1 is 1.40 bits per heavy atom. The lowest BCUT2D eigenvalue weighted by molar-refractivity contribution is 0.232. The van der Waals surface area contributed by atoms with E-state index in [1.807, 2.05) is 43.3 Å². The molecular formula is C13H14O2. The second-order valence-corrected chi connectivity index (χ2v) is 3.75. The highest BCUT2D eigenvalue weighted by Gasteiger charge is 2.03. The van der Waals surface area contributed by atoms with Crippen molar-refractivity contribution in [2.24, 2.45) is 0 Å². The van der Waals surface area contributed by atoms with Crippen LogP contribution in [0, 0.1) is 0 Å². The Balaban J connectivity index is 2.41. The van der Waals surface area contributed by atoms with E-state index in [2.05, 4.69) is 0 Å². The number of hydrogen-bond acceptors (Lipinski definition) is 2. The summed E-state index contributed by atoms with van der Waals surface area (Å²) < 4.78 is 5.60. The lowest BCUT2D eigenvalue weighted by Gasteiger charge is -2.01. The zero-order valence-corrected chi connectivity index (χ0v) is 8.90. The fourth-order valence-corrected chi connectivity index (χ4v) is 1.42. The highest BCUT2D eigenvalue weighted by atomic mass is 16.3. The van der Waals surface area contributed by atoms with Crippen LogP contribution in [0.25, 0.3) is 17.0 Å². The molecule has 1 atom stereocenters. The number of fused-ring (bicyclic) bond motifs is 1. The van der Waals surface area contributed by atoms with Crippen molar-refractivity contribution in [2.75, 3.05) is 0 Å². The molecular weight excluding hydrogens is 188 g/mol. The van der Waals surface area contributed by atoms with Crippen LogP contribution in [-0.4, -0.2) is 11.2 Å². The Bertz CT molecular complexity index is 459. The second kappa shape index (κ2) is 3.91. The van der Waals surface area contributed by atoms with Crippen molar-refractivity contribution < 1.29 is 9.52 Å². The molecule has 78 valence electrons. The van der Waals surface area contributed by atoms with E-state index in [1.54, 1.807) is 6.92 Å². The van der Waals surface area contributed by atoms with E-state index >= 15 is 0 Å². The van der Waals surface area contributed by atoms with Crippen LogP contribution in [0.1, 0.15) is 19.6 Å². The third-order valence-corrected chi connectivity index (χ3v) is 2.47. The van der Waals surface area contributed by atoms with Crippen molar-refractivity contribution in [3.8, 4) is 0 Å². The van der Waals surface area contributed by atoms with Crippen molar-refractivity contribution >= 4 is 17.0 Å². The summed E-state index contributed by atoms with van der Waals surface area (Å²) in [6, 6.07) is 9.84. The van der Waals surface area contributed by atoms with Gasteiger partial charge in [-0.25, -0.2) is 0 Å². The van der Waals surface area contributed by atoms with Gasteiger partial charge in [0.05, 0.1) is 6.10 Å². The first-order chi connectivity index (χ1) is 7.16. The number of benzene rings is 1. The number of hydrogen-bond donors (Lipinski definition) is 1. The average molecular weight is 202 g/mol. The van der Waals surface area contributed by atoms with Crippen LogP contribution >= 0.6 is 0 Å². The van der Waals surface area contributed by atoms with Crippen LogP contribution in [-0.2, 0) is 0 Å². The molecule has 0 aliphatic rings. The number of aliphatic hydroxyl groups is 1. The van der Waals surface area contributed by atoms with Crippen LogP contribution in [0.3, 0.4) is 0 Å². The summed E-state index contributed by atoms with van der Waals surface area (Å²) in [6.45, 7) is 3.63. The standard InChI is InChI=1S/C13H14O2/c1-9(10(2)14)7-12-8-11-5-3-4-6-13(11)15-12/h3-8,10,14H,1-2H3/b9-7+. The summed E-state index contributed by atoms with van der Waals surface area (Å²) in [7, 11) is 0. The van der Waals surface area contributed by atoms with E-state index < -0.39 is 6.10 Å². The van der Waals surface area contributed by atoms with Crippen molar-refractivity contribution in [3.05, 3.63) is 41.7 Å². The molecule has 0 fully saturated rings. The number of furan rings is 1. The van der Waals surface area contributed by atoms with Crippen molar-refractivity contribution in [1.29, 1.82) is 0 Å². The molecule has 0 radical (unpaired) electrons. The Morgan fingerprint density at radius 2 is 2.13 bits per heavy atom. The van der Waals surface area contributed by atoms with Gasteiger partial charge in [0, 0.05) is 5.39 Å². The number of para-hydroxylation sites is 1. The molecule has 0 amide bonds. The quantitative estimate of drug-likeness (QED) is 0.811. The van der Waals surface area contributed by atoms with Gasteiger partial charge in [-0.15, -0.1) is 0 Å². The van der Waals surface area contributed by atoms with E-state index in [9.17, 15) is 5.11 Å². The van der Waals surface area contributed by atoms with Gasteiger partial charge in [0.2, 0.25) is 0 Å². The van der Waals surface area contributed by atoms with Crippen molar-refractivity contribution in [2.45, 2.75) is 20.0 Å². The summed E-state index contributed by atoms with van der Waals surface area (Å²) in [5, 5.41) is 10.4. The predicted molar refractivity (Wildman–Crippen MR) is 61.5 cm³/mol. The SMILES string of the molecule is C/C(=C\c1cc2ccccc2o1)C(C)O. The predicted octanol–water partition coefficient (Wildman–Crippen LogP) is 3.22. The molecule has 2 nitrogen and oxygen atoms in total. The minimum Gasteiger partial charge on any atom is -0.457 e. The monoisotopic (exact) mass is 202 g/mol. The molecule has 0 spiro atoms. The topological polar surface area (TPSA) is 33.4 Å². The molecule has 1 aromatic carbocycles. The van der Waals surface area contributed by atoms with E-state index in [0.29, 0.717) is 0 Å². The van der Waals surface area contributed by atoms with Gasteiger partial charge in [-0.2, -0.15) is 0 Å². The fraction of sp³-hybridized carbons (Fsp3) is 0.231. The van der Waals surface area contributed by atoms with Gasteiger partial charge in [0.15, 0.2) is 0 Å². The smallest absolute Gasteiger partial charge is 0.134 e. The first kappa shape index (κ1) is 9.99. The van der Waals surface area contributed by atoms with Gasteiger partial charge in [-0.05, 0) is 37.6 Å². The lowest BCUT2D eigenvalue weighted by atomic mass is 10.1. The van der Waals surface area contributed by atoms with Crippen LogP contribution in [0.15, 0.2) is 40.3 Å². The maximum atomic E-state index is 9.35. The third-order valence-electron chi connectivity index (χ3n) is 2.47. The van der Waals surface area contributed by atoms with E-state index in [4.69, 9.17) is 4.42 Å². The molecule has 2 aromatic rings. The molecule has 1 heterocycles. The number of aliphatic hydroxyl groups excluding tert-OH is 1. The molecule has 1 unspecified atom stereocenters. The summed E-state index contributed by atoms with van der Waals surface area (Å²) in [4.78, 5) is 0. The molecule has 1 N–H and O–H groups in total. The van der Waals surface area contributed by atoms with Crippen LogP contribution in [0.4, 0.5) is 0 Å². The Hall–Kier alpha value is -1.54.